The maximum atomic E-state index is 11.6. The van der Waals surface area contributed by atoms with Crippen LogP contribution in [-0.4, -0.2) is 55.4 Å². The van der Waals surface area contributed by atoms with E-state index in [0.717, 1.165) is 5.76 Å². The van der Waals surface area contributed by atoms with Crippen LogP contribution in [0.3, 0.4) is 0 Å². The highest BCUT2D eigenvalue weighted by Crippen LogP contribution is 2.04. The Balaban J connectivity index is 2.71. The summed E-state index contributed by atoms with van der Waals surface area (Å²) in [5.41, 5.74) is 0. The van der Waals surface area contributed by atoms with Crippen LogP contribution in [0.2, 0.25) is 0 Å². The molecule has 0 fully saturated rings. The summed E-state index contributed by atoms with van der Waals surface area (Å²) in [7, 11) is 5.36. The Hall–Kier alpha value is -1.98. The van der Waals surface area contributed by atoms with Crippen molar-refractivity contribution in [3.63, 3.8) is 0 Å². The van der Waals surface area contributed by atoms with E-state index in [4.69, 9.17) is 4.42 Å². The molecule has 1 aromatic rings. The number of rotatable bonds is 5. The van der Waals surface area contributed by atoms with E-state index in [0.29, 0.717) is 12.5 Å². The van der Waals surface area contributed by atoms with E-state index in [1.807, 2.05) is 37.9 Å². The maximum absolute atomic E-state index is 11.6. The number of furan rings is 1. The van der Waals surface area contributed by atoms with Crippen molar-refractivity contribution in [2.75, 3.05) is 27.7 Å². The van der Waals surface area contributed by atoms with Crippen molar-refractivity contribution in [2.45, 2.75) is 26.4 Å². The second-order valence-electron chi connectivity index (χ2n) is 5.16. The van der Waals surface area contributed by atoms with E-state index in [1.165, 1.54) is 4.90 Å². The lowest BCUT2D eigenvalue weighted by molar-refractivity contribution is -0.127. The number of amides is 1. The highest BCUT2D eigenvalue weighted by Gasteiger charge is 2.11. The van der Waals surface area contributed by atoms with E-state index in [2.05, 4.69) is 10.3 Å². The molecule has 1 amide bonds. The molecule has 0 aromatic carbocycles. The summed E-state index contributed by atoms with van der Waals surface area (Å²) in [6.07, 6.45) is 1.64. The highest BCUT2D eigenvalue weighted by atomic mass is 16.3. The molecule has 6 heteroatoms. The molecule has 0 aliphatic heterocycles. The van der Waals surface area contributed by atoms with Gasteiger partial charge >= 0.3 is 0 Å². The number of nitrogens with zero attached hydrogens (tertiary/aromatic N) is 3. The summed E-state index contributed by atoms with van der Waals surface area (Å²) < 4.78 is 5.32. The van der Waals surface area contributed by atoms with Crippen molar-refractivity contribution in [1.29, 1.82) is 0 Å². The predicted molar refractivity (Wildman–Crippen MR) is 79.4 cm³/mol. The van der Waals surface area contributed by atoms with Crippen molar-refractivity contribution in [1.82, 2.24) is 15.1 Å². The Morgan fingerprint density at radius 2 is 2.10 bits per heavy atom. The monoisotopic (exact) mass is 280 g/mol. The predicted octanol–water partition coefficient (Wildman–Crippen LogP) is 1.15. The fraction of sp³-hybridized carbons (Fsp3) is 0.571. The summed E-state index contributed by atoms with van der Waals surface area (Å²) >= 11 is 0. The van der Waals surface area contributed by atoms with Crippen molar-refractivity contribution >= 4 is 11.9 Å². The summed E-state index contributed by atoms with van der Waals surface area (Å²) in [5.74, 6) is 1.51. The Kier molecular flexibility index (Phi) is 6.09. The maximum Gasteiger partial charge on any atom is 0.243 e. The number of likely N-dealkylation sites (N-methyl/N-ethyl adjacent to an activating group) is 1. The lowest BCUT2D eigenvalue weighted by atomic mass is 10.4. The molecule has 0 radical (unpaired) electrons. The molecule has 0 aliphatic rings. The molecule has 0 saturated carbocycles. The van der Waals surface area contributed by atoms with Gasteiger partial charge in [-0.15, -0.1) is 0 Å². The Morgan fingerprint density at radius 3 is 2.60 bits per heavy atom. The molecule has 0 saturated heterocycles. The first-order valence-electron chi connectivity index (χ1n) is 6.64. The van der Waals surface area contributed by atoms with Crippen LogP contribution in [0.15, 0.2) is 27.8 Å². The van der Waals surface area contributed by atoms with Gasteiger partial charge in [-0.05, 0) is 26.0 Å². The average molecular weight is 280 g/mol. The topological polar surface area (TPSA) is 61.1 Å². The fourth-order valence-electron chi connectivity index (χ4n) is 1.53. The lowest BCUT2D eigenvalue weighted by Crippen LogP contribution is -2.42. The molecule has 0 spiro atoms. The molecule has 20 heavy (non-hydrogen) atoms. The third-order valence-electron chi connectivity index (χ3n) is 2.62. The Bertz CT molecular complexity index is 438. The number of guanidine groups is 1. The van der Waals surface area contributed by atoms with Crippen LogP contribution < -0.4 is 5.32 Å². The minimum atomic E-state index is -0.0283. The zero-order valence-corrected chi connectivity index (χ0v) is 12.9. The zero-order chi connectivity index (χ0) is 15.1. The van der Waals surface area contributed by atoms with E-state index in [9.17, 15) is 4.79 Å². The van der Waals surface area contributed by atoms with Gasteiger partial charge in [0.15, 0.2) is 5.96 Å². The first-order chi connectivity index (χ1) is 9.40. The normalized spacial score (nSPS) is 11.6. The van der Waals surface area contributed by atoms with Gasteiger partial charge in [-0.25, -0.2) is 4.99 Å². The van der Waals surface area contributed by atoms with Crippen LogP contribution in [-0.2, 0) is 11.3 Å². The van der Waals surface area contributed by atoms with Gasteiger partial charge in [-0.1, -0.05) is 0 Å². The van der Waals surface area contributed by atoms with Gasteiger partial charge < -0.3 is 19.5 Å². The summed E-state index contributed by atoms with van der Waals surface area (Å²) in [4.78, 5) is 19.5. The summed E-state index contributed by atoms with van der Waals surface area (Å²) in [5, 5.41) is 3.25. The number of carbonyl (C=O) groups excluding carboxylic acids is 1. The van der Waals surface area contributed by atoms with Crippen LogP contribution in [0.4, 0.5) is 0 Å². The minimum absolute atomic E-state index is 0.0283. The largest absolute Gasteiger partial charge is 0.467 e. The van der Waals surface area contributed by atoms with Gasteiger partial charge in [-0.3, -0.25) is 4.79 Å². The summed E-state index contributed by atoms with van der Waals surface area (Å²) in [6, 6.07) is 4.00. The Morgan fingerprint density at radius 1 is 1.40 bits per heavy atom. The molecular formula is C14H24N4O2. The molecule has 0 atom stereocenters. The van der Waals surface area contributed by atoms with Gasteiger partial charge in [0.05, 0.1) is 12.8 Å². The molecule has 1 N–H and O–H groups in total. The molecule has 0 bridgehead atoms. The SMILES string of the molecule is CC(C)NC(=NCC(=O)N(C)C)N(C)Cc1ccco1. The smallest absolute Gasteiger partial charge is 0.243 e. The van der Waals surface area contributed by atoms with Crippen LogP contribution in [0.5, 0.6) is 0 Å². The highest BCUT2D eigenvalue weighted by molar-refractivity contribution is 5.84. The van der Waals surface area contributed by atoms with E-state index >= 15 is 0 Å². The van der Waals surface area contributed by atoms with Crippen LogP contribution in [0.1, 0.15) is 19.6 Å². The fourth-order valence-corrected chi connectivity index (χ4v) is 1.53. The minimum Gasteiger partial charge on any atom is -0.467 e. The van der Waals surface area contributed by atoms with E-state index < -0.39 is 0 Å². The van der Waals surface area contributed by atoms with Gasteiger partial charge in [0.2, 0.25) is 5.91 Å². The van der Waals surface area contributed by atoms with Crippen LogP contribution >= 0.6 is 0 Å². The van der Waals surface area contributed by atoms with E-state index in [-0.39, 0.29) is 18.5 Å². The van der Waals surface area contributed by atoms with Gasteiger partial charge in [-0.2, -0.15) is 0 Å². The number of hydrogen-bond acceptors (Lipinski definition) is 3. The third kappa shape index (κ3) is 5.34. The molecule has 1 rings (SSSR count). The van der Waals surface area contributed by atoms with Gasteiger partial charge in [0, 0.05) is 27.2 Å². The number of aliphatic imine (C=N–C) groups is 1. The van der Waals surface area contributed by atoms with Crippen molar-refractivity contribution in [2.24, 2.45) is 4.99 Å². The number of nitrogens with one attached hydrogen (secondary N) is 1. The third-order valence-corrected chi connectivity index (χ3v) is 2.62. The molecule has 1 aromatic heterocycles. The second kappa shape index (κ2) is 7.57. The molecule has 6 nitrogen and oxygen atoms in total. The summed E-state index contributed by atoms with van der Waals surface area (Å²) in [6.45, 7) is 4.79. The van der Waals surface area contributed by atoms with E-state index in [1.54, 1.807) is 20.4 Å². The van der Waals surface area contributed by atoms with Crippen LogP contribution in [0, 0.1) is 0 Å². The second-order valence-corrected chi connectivity index (χ2v) is 5.16. The lowest BCUT2D eigenvalue weighted by Gasteiger charge is -2.23. The molecule has 0 aliphatic carbocycles. The van der Waals surface area contributed by atoms with Crippen molar-refractivity contribution in [3.05, 3.63) is 24.2 Å². The standard InChI is InChI=1S/C14H24N4O2/c1-11(2)16-14(15-9-13(19)17(3)4)18(5)10-12-7-6-8-20-12/h6-8,11H,9-10H2,1-5H3,(H,15,16). The van der Waals surface area contributed by atoms with Crippen LogP contribution in [0.25, 0.3) is 0 Å². The first-order valence-corrected chi connectivity index (χ1v) is 6.64. The molecule has 112 valence electrons. The van der Waals surface area contributed by atoms with Crippen molar-refractivity contribution in [3.8, 4) is 0 Å². The quantitative estimate of drug-likeness (QED) is 0.649. The van der Waals surface area contributed by atoms with Crippen molar-refractivity contribution < 1.29 is 9.21 Å². The number of hydrogen-bond donors (Lipinski definition) is 1. The number of carbonyl (C=O) groups is 1. The first kappa shape index (κ1) is 16.1. The average Bonchev–Trinajstić information content (AvgIpc) is 2.86. The molecule has 1 heterocycles. The van der Waals surface area contributed by atoms with Gasteiger partial charge in [0.25, 0.3) is 0 Å². The Labute approximate surface area is 120 Å². The molecule has 0 unspecified atom stereocenters. The molecular weight excluding hydrogens is 256 g/mol. The van der Waals surface area contributed by atoms with Gasteiger partial charge in [0.1, 0.15) is 12.3 Å². The zero-order valence-electron chi connectivity index (χ0n) is 12.9.